The summed E-state index contributed by atoms with van der Waals surface area (Å²) in [6.07, 6.45) is -6.72. The number of benzene rings is 1. The van der Waals surface area contributed by atoms with Gasteiger partial charge in [0.25, 0.3) is 6.02 Å². The van der Waals surface area contributed by atoms with E-state index in [0.717, 1.165) is 0 Å². The summed E-state index contributed by atoms with van der Waals surface area (Å²) >= 11 is 5.99. The molecule has 2 heterocycles. The molecule has 2 aromatic rings. The molecule has 168 valence electrons. The molecule has 0 bridgehead atoms. The molecule has 0 amide bonds. The quantitative estimate of drug-likeness (QED) is 0.387. The van der Waals surface area contributed by atoms with Crippen molar-refractivity contribution in [3.8, 4) is 0 Å². The molecule has 1 aliphatic heterocycles. The lowest BCUT2D eigenvalue weighted by Crippen LogP contribution is -2.46. The minimum atomic E-state index is -4.74. The fourth-order valence-electron chi connectivity index (χ4n) is 3.54. The zero-order chi connectivity index (χ0) is 23.8. The van der Waals surface area contributed by atoms with Crippen LogP contribution in [0.25, 0.3) is 4.85 Å². The number of pyridine rings is 1. The fraction of sp³-hybridized carbons (Fsp3) is 0.333. The monoisotopic (exact) mass is 468 g/mol. The van der Waals surface area contributed by atoms with Gasteiger partial charge in [0, 0.05) is 24.6 Å². The van der Waals surface area contributed by atoms with Crippen LogP contribution in [-0.4, -0.2) is 29.1 Å². The smallest absolute Gasteiger partial charge is 0.425 e. The average Bonchev–Trinajstić information content (AvgIpc) is 2.68. The largest absolute Gasteiger partial charge is 0.452 e. The number of aryl methyl sites for hydroxylation is 1. The Morgan fingerprint density at radius 3 is 2.69 bits per heavy atom. The molecule has 2 atom stereocenters. The molecular weight excluding hydrogens is 452 g/mol. The van der Waals surface area contributed by atoms with Crippen LogP contribution in [0, 0.1) is 19.3 Å². The molecule has 1 aromatic carbocycles. The van der Waals surface area contributed by atoms with Crippen LogP contribution in [0.15, 0.2) is 29.4 Å². The number of ketones is 1. The Morgan fingerprint density at radius 2 is 2.09 bits per heavy atom. The summed E-state index contributed by atoms with van der Waals surface area (Å²) in [5.41, 5.74) is 4.63. The van der Waals surface area contributed by atoms with Gasteiger partial charge < -0.3 is 10.5 Å². The molecule has 1 aromatic heterocycles. The van der Waals surface area contributed by atoms with Crippen LogP contribution < -0.4 is 5.73 Å². The Labute approximate surface area is 185 Å². The van der Waals surface area contributed by atoms with Crippen molar-refractivity contribution in [1.29, 1.82) is 0 Å². The van der Waals surface area contributed by atoms with Gasteiger partial charge in [-0.25, -0.2) is 14.2 Å². The number of alkyl halides is 3. The number of nitrogens with zero attached hydrogens (tertiary/aromatic N) is 3. The molecule has 0 radical (unpaired) electrons. The predicted molar refractivity (Wildman–Crippen MR) is 109 cm³/mol. The maximum absolute atomic E-state index is 14.9. The van der Waals surface area contributed by atoms with Crippen LogP contribution in [0.5, 0.6) is 0 Å². The van der Waals surface area contributed by atoms with E-state index in [-0.39, 0.29) is 34.0 Å². The van der Waals surface area contributed by atoms with Crippen molar-refractivity contribution >= 4 is 29.1 Å². The molecule has 0 fully saturated rings. The van der Waals surface area contributed by atoms with Gasteiger partial charge in [-0.3, -0.25) is 9.78 Å². The number of hydrogen-bond acceptors (Lipinski definition) is 5. The summed E-state index contributed by atoms with van der Waals surface area (Å²) in [5, 5.41) is -0.372. The summed E-state index contributed by atoms with van der Waals surface area (Å²) in [6.45, 7) is 9.91. The topological polar surface area (TPSA) is 81.9 Å². The van der Waals surface area contributed by atoms with Crippen LogP contribution in [-0.2, 0) is 16.7 Å². The molecule has 11 heteroatoms. The minimum Gasteiger partial charge on any atom is -0.452 e. The van der Waals surface area contributed by atoms with E-state index in [2.05, 4.69) is 19.6 Å². The van der Waals surface area contributed by atoms with E-state index in [4.69, 9.17) is 23.9 Å². The minimum absolute atomic E-state index is 0.121. The van der Waals surface area contributed by atoms with E-state index in [1.807, 2.05) is 0 Å². The summed E-state index contributed by atoms with van der Waals surface area (Å²) < 4.78 is 59.2. The second kappa shape index (κ2) is 8.39. The van der Waals surface area contributed by atoms with E-state index in [1.165, 1.54) is 31.3 Å². The molecular formula is C21H17ClF4N4O2. The zero-order valence-electron chi connectivity index (χ0n) is 16.9. The van der Waals surface area contributed by atoms with Crippen molar-refractivity contribution in [1.82, 2.24) is 4.98 Å². The Morgan fingerprint density at radius 1 is 1.41 bits per heavy atom. The molecule has 0 spiro atoms. The first kappa shape index (κ1) is 23.5. The highest BCUT2D eigenvalue weighted by Gasteiger charge is 2.50. The number of aromatic nitrogens is 1. The van der Waals surface area contributed by atoms with Crippen molar-refractivity contribution in [2.24, 2.45) is 10.7 Å². The Hall–Kier alpha value is -3.19. The third-order valence-corrected chi connectivity index (χ3v) is 5.33. The van der Waals surface area contributed by atoms with Gasteiger partial charge >= 0.3 is 6.18 Å². The molecule has 0 aliphatic carbocycles. The predicted octanol–water partition coefficient (Wildman–Crippen LogP) is 5.04. The number of amidine groups is 1. The number of ether oxygens (including phenoxy) is 1. The Kier molecular flexibility index (Phi) is 6.15. The lowest BCUT2D eigenvalue weighted by atomic mass is 9.84. The summed E-state index contributed by atoms with van der Waals surface area (Å²) in [4.78, 5) is 23.9. The summed E-state index contributed by atoms with van der Waals surface area (Å²) in [6, 6.07) is 3.25. The highest BCUT2D eigenvalue weighted by atomic mass is 35.5. The van der Waals surface area contributed by atoms with Crippen LogP contribution >= 0.6 is 11.6 Å². The average molecular weight is 469 g/mol. The first-order valence-corrected chi connectivity index (χ1v) is 9.66. The van der Waals surface area contributed by atoms with E-state index in [9.17, 15) is 22.4 Å². The van der Waals surface area contributed by atoms with E-state index in [1.54, 1.807) is 6.92 Å². The number of hydrogen-bond donors (Lipinski definition) is 1. The molecule has 6 nitrogen and oxygen atoms in total. The zero-order valence-corrected chi connectivity index (χ0v) is 17.7. The van der Waals surface area contributed by atoms with Crippen molar-refractivity contribution in [3.05, 3.63) is 69.0 Å². The number of rotatable bonds is 4. The SMILES string of the molecule is [C-]#[N+]c1cnc(C(=O)Cc2cc(Cl)c(F)c([C@]3(C)C[C@@H](C(F)(F)F)OC(N)=N3)c2)c(C)c1. The van der Waals surface area contributed by atoms with E-state index < -0.39 is 41.9 Å². The standard InChI is InChI=1S/C21H17ClF4N4O2/c1-10-4-12(28-3)9-29-18(10)15(31)7-11-5-13(17(23)14(22)6-11)20(2)8-16(21(24,25)26)32-19(27)30-20/h4-6,9,16H,7-8H2,1-2H3,(H2,27,30)/t16-,20-/m0/s1. The number of aliphatic imine (C=N–C) groups is 1. The third kappa shape index (κ3) is 4.67. The number of halogens is 5. The second-order valence-electron chi connectivity index (χ2n) is 7.59. The second-order valence-corrected chi connectivity index (χ2v) is 7.99. The highest BCUT2D eigenvalue weighted by molar-refractivity contribution is 6.31. The van der Waals surface area contributed by atoms with E-state index in [0.29, 0.717) is 5.56 Å². The number of Topliss-reactive ketones (excluding diaryl/α,β-unsaturated/α-hetero) is 1. The van der Waals surface area contributed by atoms with Crippen LogP contribution in [0.3, 0.4) is 0 Å². The summed E-state index contributed by atoms with van der Waals surface area (Å²) in [7, 11) is 0. The number of carbonyl (C=O) groups excluding carboxylic acids is 1. The van der Waals surface area contributed by atoms with E-state index >= 15 is 0 Å². The van der Waals surface area contributed by atoms with Gasteiger partial charge in [0.15, 0.2) is 11.9 Å². The molecule has 2 N–H and O–H groups in total. The number of nitrogens with two attached hydrogens (primary N) is 1. The maximum atomic E-state index is 14.9. The maximum Gasteiger partial charge on any atom is 0.425 e. The van der Waals surface area contributed by atoms with Crippen molar-refractivity contribution < 1.29 is 27.1 Å². The van der Waals surface area contributed by atoms with Crippen LogP contribution in [0.4, 0.5) is 23.2 Å². The first-order valence-electron chi connectivity index (χ1n) is 9.28. The van der Waals surface area contributed by atoms with Crippen LogP contribution in [0.2, 0.25) is 5.02 Å². The van der Waals surface area contributed by atoms with Gasteiger partial charge in [0.1, 0.15) is 11.5 Å². The van der Waals surface area contributed by atoms with Gasteiger partial charge in [-0.15, -0.1) is 0 Å². The third-order valence-electron chi connectivity index (χ3n) is 5.06. The van der Waals surface area contributed by atoms with Crippen molar-refractivity contribution in [3.63, 3.8) is 0 Å². The molecule has 0 saturated heterocycles. The molecule has 0 saturated carbocycles. The van der Waals surface area contributed by atoms with Gasteiger partial charge in [-0.05, 0) is 43.2 Å². The van der Waals surface area contributed by atoms with Gasteiger partial charge in [-0.2, -0.15) is 13.2 Å². The Balaban J connectivity index is 1.99. The molecule has 1 aliphatic rings. The lowest BCUT2D eigenvalue weighted by molar-refractivity contribution is -0.208. The van der Waals surface area contributed by atoms with Crippen LogP contribution in [0.1, 0.15) is 40.5 Å². The molecule has 3 rings (SSSR count). The first-order chi connectivity index (χ1) is 14.8. The molecule has 32 heavy (non-hydrogen) atoms. The summed E-state index contributed by atoms with van der Waals surface area (Å²) in [5.74, 6) is -1.39. The van der Waals surface area contributed by atoms with Crippen molar-refractivity contribution in [2.75, 3.05) is 0 Å². The van der Waals surface area contributed by atoms with Gasteiger partial charge in [0.2, 0.25) is 5.69 Å². The fourth-order valence-corrected chi connectivity index (χ4v) is 3.78. The molecule has 0 unspecified atom stereocenters. The van der Waals surface area contributed by atoms with Gasteiger partial charge in [0.05, 0.1) is 17.1 Å². The number of carbonyl (C=O) groups is 1. The Bertz CT molecular complexity index is 1160. The normalized spacial score (nSPS) is 20.8. The highest BCUT2D eigenvalue weighted by Crippen LogP contribution is 2.42. The lowest BCUT2D eigenvalue weighted by Gasteiger charge is -2.36. The van der Waals surface area contributed by atoms with Gasteiger partial charge in [-0.1, -0.05) is 11.6 Å². The van der Waals surface area contributed by atoms with Crippen molar-refractivity contribution in [2.45, 2.75) is 44.5 Å².